The van der Waals surface area contributed by atoms with Gasteiger partial charge in [0.15, 0.2) is 11.4 Å². The summed E-state index contributed by atoms with van der Waals surface area (Å²) in [6, 6.07) is 4.22. The summed E-state index contributed by atoms with van der Waals surface area (Å²) in [5, 5.41) is 4.25. The van der Waals surface area contributed by atoms with Gasteiger partial charge in [0, 0.05) is 6.54 Å². The zero-order valence-corrected chi connectivity index (χ0v) is 12.1. The quantitative estimate of drug-likeness (QED) is 0.719. The van der Waals surface area contributed by atoms with Crippen molar-refractivity contribution in [3.63, 3.8) is 0 Å². The Balaban J connectivity index is 2.35. The average molecular weight is 309 g/mol. The van der Waals surface area contributed by atoms with Crippen LogP contribution < -0.4 is 0 Å². The number of hydrogen-bond acceptors (Lipinski definition) is 3. The van der Waals surface area contributed by atoms with Gasteiger partial charge in [0.2, 0.25) is 0 Å². The van der Waals surface area contributed by atoms with E-state index in [9.17, 15) is 13.2 Å². The lowest BCUT2D eigenvalue weighted by Crippen LogP contribution is -2.08. The molecule has 0 bridgehead atoms. The second-order valence-corrected chi connectivity index (χ2v) is 5.04. The lowest BCUT2D eigenvalue weighted by atomic mass is 10.1. The molecule has 0 saturated carbocycles. The molecule has 0 spiro atoms. The maximum absolute atomic E-state index is 13.4. The Morgan fingerprint density at radius 2 is 2.09 bits per heavy atom. The maximum atomic E-state index is 13.4. The Hall–Kier alpha value is -2.31. The minimum Gasteiger partial charge on any atom is -0.463 e. The van der Waals surface area contributed by atoms with Crippen LogP contribution >= 0.6 is 0 Å². The first-order valence-corrected chi connectivity index (χ1v) is 6.91. The Labute approximate surface area is 124 Å². The zero-order valence-electron chi connectivity index (χ0n) is 12.1. The highest BCUT2D eigenvalue weighted by molar-refractivity contribution is 5.85. The van der Waals surface area contributed by atoms with Crippen molar-refractivity contribution in [3.8, 4) is 11.5 Å². The van der Waals surface area contributed by atoms with Gasteiger partial charge in [0.05, 0.1) is 22.9 Å². The van der Waals surface area contributed by atoms with E-state index in [2.05, 4.69) is 10.1 Å². The van der Waals surface area contributed by atoms with Crippen LogP contribution in [0.5, 0.6) is 0 Å². The topological polar surface area (TPSA) is 43.9 Å². The van der Waals surface area contributed by atoms with Crippen molar-refractivity contribution in [1.82, 2.24) is 14.8 Å². The summed E-state index contributed by atoms with van der Waals surface area (Å²) < 4.78 is 47.0. The summed E-state index contributed by atoms with van der Waals surface area (Å²) in [4.78, 5) is 4.34. The molecule has 0 aliphatic rings. The van der Waals surface area contributed by atoms with E-state index in [1.165, 1.54) is 10.9 Å². The summed E-state index contributed by atoms with van der Waals surface area (Å²) >= 11 is 0. The number of nitrogens with zero attached hydrogens (tertiary/aromatic N) is 3. The molecule has 3 rings (SSSR count). The zero-order chi connectivity index (χ0) is 15.9. The maximum Gasteiger partial charge on any atom is 0.417 e. The predicted molar refractivity (Wildman–Crippen MR) is 75.3 cm³/mol. The smallest absolute Gasteiger partial charge is 0.417 e. The molecule has 3 heterocycles. The molecule has 0 aliphatic heterocycles. The Kier molecular flexibility index (Phi) is 3.42. The predicted octanol–water partition coefficient (Wildman–Crippen LogP) is 4.43. The van der Waals surface area contributed by atoms with Gasteiger partial charge in [-0.15, -0.1) is 0 Å². The molecule has 116 valence electrons. The van der Waals surface area contributed by atoms with Gasteiger partial charge >= 0.3 is 6.18 Å². The Morgan fingerprint density at radius 3 is 2.68 bits per heavy atom. The van der Waals surface area contributed by atoms with Crippen molar-refractivity contribution in [2.75, 3.05) is 0 Å². The van der Waals surface area contributed by atoms with Crippen LogP contribution in [0.4, 0.5) is 13.2 Å². The largest absolute Gasteiger partial charge is 0.463 e. The Morgan fingerprint density at radius 1 is 1.32 bits per heavy atom. The van der Waals surface area contributed by atoms with Crippen LogP contribution in [0.1, 0.15) is 24.6 Å². The van der Waals surface area contributed by atoms with Crippen molar-refractivity contribution < 1.29 is 17.6 Å². The third-order valence-corrected chi connectivity index (χ3v) is 3.39. The fourth-order valence-electron chi connectivity index (χ4n) is 2.50. The first kappa shape index (κ1) is 14.6. The van der Waals surface area contributed by atoms with E-state index in [0.29, 0.717) is 18.0 Å². The molecule has 0 fully saturated rings. The van der Waals surface area contributed by atoms with E-state index in [-0.39, 0.29) is 16.7 Å². The highest BCUT2D eigenvalue weighted by Gasteiger charge is 2.35. The molecule has 0 amide bonds. The lowest BCUT2D eigenvalue weighted by molar-refractivity contribution is -0.136. The van der Waals surface area contributed by atoms with Crippen LogP contribution in [-0.2, 0) is 12.7 Å². The molecule has 0 aromatic carbocycles. The number of furan rings is 1. The van der Waals surface area contributed by atoms with Gasteiger partial charge in [0.25, 0.3) is 0 Å². The van der Waals surface area contributed by atoms with Crippen LogP contribution in [0.3, 0.4) is 0 Å². The van der Waals surface area contributed by atoms with E-state index in [1.54, 1.807) is 19.1 Å². The number of fused-ring (bicyclic) bond motifs is 1. The first-order valence-electron chi connectivity index (χ1n) is 6.91. The van der Waals surface area contributed by atoms with Crippen LogP contribution in [0.15, 0.2) is 28.9 Å². The summed E-state index contributed by atoms with van der Waals surface area (Å²) in [7, 11) is 0. The second kappa shape index (κ2) is 5.15. The summed E-state index contributed by atoms with van der Waals surface area (Å²) in [6.45, 7) is 4.01. The van der Waals surface area contributed by atoms with Gasteiger partial charge in [0.1, 0.15) is 5.69 Å². The number of rotatable bonds is 3. The molecule has 0 radical (unpaired) electrons. The molecule has 0 unspecified atom stereocenters. The molecule has 4 nitrogen and oxygen atoms in total. The molecule has 0 N–H and O–H groups in total. The molecule has 22 heavy (non-hydrogen) atoms. The number of halogens is 3. The van der Waals surface area contributed by atoms with Crippen molar-refractivity contribution in [2.24, 2.45) is 0 Å². The van der Waals surface area contributed by atoms with Gasteiger partial charge in [-0.2, -0.15) is 18.3 Å². The monoisotopic (exact) mass is 309 g/mol. The van der Waals surface area contributed by atoms with Gasteiger partial charge in [-0.25, -0.2) is 9.67 Å². The van der Waals surface area contributed by atoms with Crippen LogP contribution in [-0.4, -0.2) is 14.8 Å². The minimum atomic E-state index is -4.48. The molecule has 3 aromatic rings. The van der Waals surface area contributed by atoms with Crippen molar-refractivity contribution in [2.45, 2.75) is 33.0 Å². The first-order chi connectivity index (χ1) is 10.4. The van der Waals surface area contributed by atoms with Crippen LogP contribution in [0.25, 0.3) is 22.5 Å². The summed E-state index contributed by atoms with van der Waals surface area (Å²) in [5.41, 5.74) is -0.0133. The fourth-order valence-corrected chi connectivity index (χ4v) is 2.50. The lowest BCUT2D eigenvalue weighted by Gasteiger charge is -2.10. The second-order valence-electron chi connectivity index (χ2n) is 5.04. The van der Waals surface area contributed by atoms with E-state index in [4.69, 9.17) is 4.42 Å². The number of aryl methyl sites for hydroxylation is 2. The number of alkyl halides is 3. The summed E-state index contributed by atoms with van der Waals surface area (Å²) in [5.74, 6) is 0.300. The minimum absolute atomic E-state index is 0.0521. The van der Waals surface area contributed by atoms with E-state index >= 15 is 0 Å². The highest BCUT2D eigenvalue weighted by atomic mass is 19.4. The molecular formula is C15H14F3N3O. The van der Waals surface area contributed by atoms with Crippen molar-refractivity contribution in [3.05, 3.63) is 35.7 Å². The fraction of sp³-hybridized carbons (Fsp3) is 0.333. The highest BCUT2D eigenvalue weighted by Crippen LogP contribution is 2.38. The number of aromatic nitrogens is 3. The van der Waals surface area contributed by atoms with Gasteiger partial charge in [-0.1, -0.05) is 6.92 Å². The van der Waals surface area contributed by atoms with Gasteiger partial charge in [-0.05, 0) is 31.5 Å². The van der Waals surface area contributed by atoms with Gasteiger partial charge < -0.3 is 4.42 Å². The van der Waals surface area contributed by atoms with E-state index < -0.39 is 11.7 Å². The van der Waals surface area contributed by atoms with Crippen molar-refractivity contribution in [1.29, 1.82) is 0 Å². The normalized spacial score (nSPS) is 12.2. The van der Waals surface area contributed by atoms with E-state index in [0.717, 1.165) is 12.5 Å². The Bertz CT molecular complexity index is 804. The van der Waals surface area contributed by atoms with Crippen LogP contribution in [0.2, 0.25) is 0 Å². The number of pyridine rings is 1. The number of hydrogen-bond donors (Lipinski definition) is 0. The molecule has 3 aromatic heterocycles. The van der Waals surface area contributed by atoms with E-state index in [1.807, 2.05) is 6.92 Å². The van der Waals surface area contributed by atoms with Crippen molar-refractivity contribution >= 4 is 11.0 Å². The SMILES string of the molecule is CCCn1nc(C)c2c(C(F)(F)F)cc(-c3ccco3)nc21. The van der Waals surface area contributed by atoms with Crippen LogP contribution in [0, 0.1) is 6.92 Å². The van der Waals surface area contributed by atoms with Gasteiger partial charge in [-0.3, -0.25) is 0 Å². The molecule has 7 heteroatoms. The third-order valence-electron chi connectivity index (χ3n) is 3.39. The molecule has 0 saturated heterocycles. The molecular weight excluding hydrogens is 295 g/mol. The standard InChI is InChI=1S/C15H14F3N3O/c1-3-6-21-14-13(9(2)20-21)10(15(16,17)18)8-11(19-14)12-5-4-7-22-12/h4-5,7-8H,3,6H2,1-2H3. The molecule has 0 atom stereocenters. The average Bonchev–Trinajstić information content (AvgIpc) is 3.07. The molecule has 0 aliphatic carbocycles. The third kappa shape index (κ3) is 2.36. The summed E-state index contributed by atoms with van der Waals surface area (Å²) in [6.07, 6.45) is -2.32.